The maximum absolute atomic E-state index is 12.2. The largest absolute Gasteiger partial charge is 0.573 e. The minimum atomic E-state index is -4.71. The molecule has 3 nitrogen and oxygen atoms in total. The molecule has 0 aliphatic carbocycles. The van der Waals surface area contributed by atoms with Crippen LogP contribution in [0.3, 0.4) is 0 Å². The minimum absolute atomic E-state index is 0. The lowest BCUT2D eigenvalue weighted by molar-refractivity contribution is -0.274. The summed E-state index contributed by atoms with van der Waals surface area (Å²) < 4.78 is 45.9. The lowest BCUT2D eigenvalue weighted by Crippen LogP contribution is -2.17. The Kier molecular flexibility index (Phi) is 7.14. The van der Waals surface area contributed by atoms with Crippen molar-refractivity contribution in [3.63, 3.8) is 0 Å². The molecule has 2 aromatic carbocycles. The summed E-state index contributed by atoms with van der Waals surface area (Å²) in [5, 5.41) is 0. The molecule has 0 heterocycles. The highest BCUT2D eigenvalue weighted by atomic mass is 35.5. The summed E-state index contributed by atoms with van der Waals surface area (Å²) in [4.78, 5) is 0. The first-order valence-electron chi connectivity index (χ1n) is 7.50. The van der Waals surface area contributed by atoms with Crippen LogP contribution in [0.4, 0.5) is 13.2 Å². The van der Waals surface area contributed by atoms with Crippen LogP contribution in [-0.4, -0.2) is 13.5 Å². The molecule has 2 rings (SSSR count). The third-order valence-electron chi connectivity index (χ3n) is 3.73. The van der Waals surface area contributed by atoms with Gasteiger partial charge in [-0.3, -0.25) is 0 Å². The first-order chi connectivity index (χ1) is 11.2. The fraction of sp³-hybridized carbons (Fsp3) is 0.333. The highest BCUT2D eigenvalue weighted by Crippen LogP contribution is 2.32. The van der Waals surface area contributed by atoms with Crippen molar-refractivity contribution in [3.8, 4) is 11.5 Å². The quantitative estimate of drug-likeness (QED) is 0.782. The second-order valence-electron chi connectivity index (χ2n) is 5.75. The van der Waals surface area contributed by atoms with Gasteiger partial charge in [0, 0.05) is 5.56 Å². The van der Waals surface area contributed by atoms with E-state index in [1.54, 1.807) is 7.11 Å². The number of hydrogen-bond donors (Lipinski definition) is 1. The maximum atomic E-state index is 12.2. The summed E-state index contributed by atoms with van der Waals surface area (Å²) in [5.74, 6) is 0.688. The second kappa shape index (κ2) is 8.45. The predicted octanol–water partition coefficient (Wildman–Crippen LogP) is 5.19. The monoisotopic (exact) mass is 375 g/mol. The zero-order chi connectivity index (χ0) is 17.9. The Labute approximate surface area is 151 Å². The molecule has 1 atom stereocenters. The number of rotatable bonds is 5. The molecule has 0 aliphatic rings. The average molecular weight is 376 g/mol. The van der Waals surface area contributed by atoms with Crippen molar-refractivity contribution in [2.45, 2.75) is 32.2 Å². The predicted molar refractivity (Wildman–Crippen MR) is 93.5 cm³/mol. The molecule has 0 amide bonds. The highest BCUT2D eigenvalue weighted by Gasteiger charge is 2.31. The average Bonchev–Trinajstić information content (AvgIpc) is 2.52. The van der Waals surface area contributed by atoms with Gasteiger partial charge in [0.25, 0.3) is 0 Å². The molecule has 0 aliphatic heterocycles. The number of halogens is 4. The normalized spacial score (nSPS) is 12.5. The van der Waals surface area contributed by atoms with Crippen molar-refractivity contribution in [2.24, 2.45) is 5.73 Å². The van der Waals surface area contributed by atoms with Crippen molar-refractivity contribution in [1.82, 2.24) is 0 Å². The van der Waals surface area contributed by atoms with E-state index in [0.29, 0.717) is 17.2 Å². The van der Waals surface area contributed by atoms with Crippen molar-refractivity contribution in [1.29, 1.82) is 0 Å². The summed E-state index contributed by atoms with van der Waals surface area (Å²) in [6.07, 6.45) is -4.71. The van der Waals surface area contributed by atoms with Gasteiger partial charge in [-0.1, -0.05) is 32.0 Å². The molecule has 7 heteroatoms. The first-order valence-corrected chi connectivity index (χ1v) is 7.50. The molecule has 0 saturated carbocycles. The van der Waals surface area contributed by atoms with Crippen LogP contribution >= 0.6 is 12.4 Å². The third-order valence-corrected chi connectivity index (χ3v) is 3.73. The molecule has 0 spiro atoms. The molecule has 0 bridgehead atoms. The van der Waals surface area contributed by atoms with E-state index in [1.165, 1.54) is 24.3 Å². The SMILES string of the molecule is COc1ccc(C(C)C)cc1[C@H](N)c1ccc(OC(F)(F)F)cc1.Cl. The molecule has 0 aromatic heterocycles. The summed E-state index contributed by atoms with van der Waals surface area (Å²) in [7, 11) is 1.56. The molecule has 138 valence electrons. The minimum Gasteiger partial charge on any atom is -0.496 e. The summed E-state index contributed by atoms with van der Waals surface area (Å²) in [6, 6.07) is 10.8. The molecule has 2 aromatic rings. The van der Waals surface area contributed by atoms with Crippen LogP contribution in [0.5, 0.6) is 11.5 Å². The van der Waals surface area contributed by atoms with Gasteiger partial charge in [-0.25, -0.2) is 0 Å². The van der Waals surface area contributed by atoms with E-state index in [0.717, 1.165) is 11.1 Å². The van der Waals surface area contributed by atoms with Gasteiger partial charge in [0.2, 0.25) is 0 Å². The van der Waals surface area contributed by atoms with E-state index in [4.69, 9.17) is 10.5 Å². The van der Waals surface area contributed by atoms with E-state index in [2.05, 4.69) is 18.6 Å². The Bertz CT molecular complexity index is 688. The van der Waals surface area contributed by atoms with Gasteiger partial charge < -0.3 is 15.2 Å². The molecule has 0 unspecified atom stereocenters. The number of alkyl halides is 3. The third kappa shape index (κ3) is 5.54. The summed E-state index contributed by atoms with van der Waals surface area (Å²) >= 11 is 0. The van der Waals surface area contributed by atoms with E-state index >= 15 is 0 Å². The summed E-state index contributed by atoms with van der Waals surface area (Å²) in [6.45, 7) is 4.14. The molecular weight excluding hydrogens is 355 g/mol. The Balaban J connectivity index is 0.00000312. The fourth-order valence-corrected chi connectivity index (χ4v) is 2.41. The Morgan fingerprint density at radius 1 is 0.960 bits per heavy atom. The van der Waals surface area contributed by atoms with Crippen molar-refractivity contribution >= 4 is 12.4 Å². The molecule has 25 heavy (non-hydrogen) atoms. The number of ether oxygens (including phenoxy) is 2. The fourth-order valence-electron chi connectivity index (χ4n) is 2.41. The van der Waals surface area contributed by atoms with Crippen LogP contribution in [0.25, 0.3) is 0 Å². The Hall–Kier alpha value is -1.92. The van der Waals surface area contributed by atoms with Gasteiger partial charge in [-0.15, -0.1) is 25.6 Å². The maximum Gasteiger partial charge on any atom is 0.573 e. The molecular formula is C18H21ClF3NO2. The van der Waals surface area contributed by atoms with Gasteiger partial charge in [-0.05, 0) is 41.3 Å². The van der Waals surface area contributed by atoms with E-state index < -0.39 is 12.4 Å². The number of methoxy groups -OCH3 is 1. The summed E-state index contributed by atoms with van der Waals surface area (Å²) in [5.41, 5.74) is 8.86. The van der Waals surface area contributed by atoms with E-state index in [1.807, 2.05) is 18.2 Å². The standard InChI is InChI=1S/C18H20F3NO2.ClH/c1-11(2)13-6-9-16(23-3)15(10-13)17(22)12-4-7-14(8-5-12)24-18(19,20)21;/h4-11,17H,22H2,1-3H3;1H/t17-;/m1./s1. The Morgan fingerprint density at radius 2 is 1.52 bits per heavy atom. The number of nitrogens with two attached hydrogens (primary N) is 1. The van der Waals surface area contributed by atoms with Crippen molar-refractivity contribution in [3.05, 3.63) is 59.2 Å². The lowest BCUT2D eigenvalue weighted by Gasteiger charge is -2.19. The van der Waals surface area contributed by atoms with Gasteiger partial charge in [0.1, 0.15) is 11.5 Å². The van der Waals surface area contributed by atoms with Crippen LogP contribution in [0, 0.1) is 0 Å². The molecule has 0 radical (unpaired) electrons. The second-order valence-corrected chi connectivity index (χ2v) is 5.75. The topological polar surface area (TPSA) is 44.5 Å². The van der Waals surface area contributed by atoms with Crippen molar-refractivity contribution in [2.75, 3.05) is 7.11 Å². The van der Waals surface area contributed by atoms with Crippen LogP contribution in [-0.2, 0) is 0 Å². The van der Waals surface area contributed by atoms with Crippen LogP contribution in [0.15, 0.2) is 42.5 Å². The van der Waals surface area contributed by atoms with Gasteiger partial charge in [0.15, 0.2) is 0 Å². The zero-order valence-corrected chi connectivity index (χ0v) is 14.9. The first kappa shape index (κ1) is 21.1. The van der Waals surface area contributed by atoms with E-state index in [-0.39, 0.29) is 18.2 Å². The van der Waals surface area contributed by atoms with Gasteiger partial charge in [0.05, 0.1) is 13.2 Å². The lowest BCUT2D eigenvalue weighted by atomic mass is 9.93. The van der Waals surface area contributed by atoms with Crippen molar-refractivity contribution < 1.29 is 22.6 Å². The molecule has 0 fully saturated rings. The van der Waals surface area contributed by atoms with E-state index in [9.17, 15) is 13.2 Å². The Morgan fingerprint density at radius 3 is 2.00 bits per heavy atom. The smallest absolute Gasteiger partial charge is 0.496 e. The van der Waals surface area contributed by atoms with Crippen LogP contribution in [0.1, 0.15) is 42.5 Å². The molecule has 2 N–H and O–H groups in total. The zero-order valence-electron chi connectivity index (χ0n) is 14.1. The molecule has 0 saturated heterocycles. The highest BCUT2D eigenvalue weighted by molar-refractivity contribution is 5.85. The van der Waals surface area contributed by atoms with Crippen LogP contribution < -0.4 is 15.2 Å². The number of benzene rings is 2. The van der Waals surface area contributed by atoms with Gasteiger partial charge in [-0.2, -0.15) is 0 Å². The number of hydrogen-bond acceptors (Lipinski definition) is 3. The van der Waals surface area contributed by atoms with Gasteiger partial charge >= 0.3 is 6.36 Å². The van der Waals surface area contributed by atoms with Crippen LogP contribution in [0.2, 0.25) is 0 Å².